The van der Waals surface area contributed by atoms with Crippen molar-refractivity contribution in [1.29, 1.82) is 5.26 Å². The molecule has 1 aliphatic carbocycles. The van der Waals surface area contributed by atoms with Crippen LogP contribution in [-0.2, 0) is 22.4 Å². The average Bonchev–Trinajstić information content (AvgIpc) is 3.56. The normalized spacial score (nSPS) is 16.6. The van der Waals surface area contributed by atoms with Crippen molar-refractivity contribution in [2.24, 2.45) is 0 Å². The van der Waals surface area contributed by atoms with E-state index >= 15 is 0 Å². The molecule has 10 nitrogen and oxygen atoms in total. The van der Waals surface area contributed by atoms with Crippen LogP contribution in [0.4, 0.5) is 16.0 Å². The van der Waals surface area contributed by atoms with Gasteiger partial charge in [0, 0.05) is 11.8 Å². The van der Waals surface area contributed by atoms with Gasteiger partial charge in [0.05, 0.1) is 31.0 Å². The molecule has 2 aromatic carbocycles. The minimum absolute atomic E-state index is 0.152. The first kappa shape index (κ1) is 28.0. The quantitative estimate of drug-likeness (QED) is 0.192. The van der Waals surface area contributed by atoms with Crippen LogP contribution < -0.4 is 10.6 Å². The largest absolute Gasteiger partial charge is 0.300 e. The van der Waals surface area contributed by atoms with Crippen LogP contribution in [0.25, 0.3) is 4.85 Å². The highest BCUT2D eigenvalue weighted by molar-refractivity contribution is 7.15. The monoisotopic (exact) mass is 582 g/mol. The molecule has 1 fully saturated rings. The number of carbonyl (C=O) groups excluding carboxylic acids is 2. The average molecular weight is 583 g/mol. The molecule has 2 unspecified atom stereocenters. The fraction of sp³-hybridized carbons (Fsp3) is 0.310. The Kier molecular flexibility index (Phi) is 9.04. The third kappa shape index (κ3) is 7.57. The van der Waals surface area contributed by atoms with Gasteiger partial charge in [-0.2, -0.15) is 5.26 Å². The third-order valence-corrected chi connectivity index (χ3v) is 8.82. The number of carbonyl (C=O) groups is 2. The maximum Gasteiger partial charge on any atom is 0.230 e. The van der Waals surface area contributed by atoms with Gasteiger partial charge in [0.25, 0.3) is 0 Å². The molecule has 2 atom stereocenters. The van der Waals surface area contributed by atoms with E-state index in [1.807, 2.05) is 12.1 Å². The summed E-state index contributed by atoms with van der Waals surface area (Å²) in [5.41, 5.74) is 2.56. The van der Waals surface area contributed by atoms with E-state index in [9.17, 15) is 9.59 Å². The minimum Gasteiger partial charge on any atom is -0.300 e. The second kappa shape index (κ2) is 13.2. The van der Waals surface area contributed by atoms with Crippen molar-refractivity contribution in [2.45, 2.75) is 56.8 Å². The molecule has 206 valence electrons. The van der Waals surface area contributed by atoms with Gasteiger partial charge in [-0.15, -0.1) is 20.4 Å². The van der Waals surface area contributed by atoms with E-state index in [1.165, 1.54) is 22.7 Å². The lowest BCUT2D eigenvalue weighted by Gasteiger charge is -2.15. The van der Waals surface area contributed by atoms with E-state index in [2.05, 4.69) is 41.9 Å². The number of rotatable bonds is 8. The van der Waals surface area contributed by atoms with Crippen molar-refractivity contribution < 1.29 is 9.59 Å². The number of hydrogen-bond donors (Lipinski definition) is 2. The zero-order valence-corrected chi connectivity index (χ0v) is 23.7. The summed E-state index contributed by atoms with van der Waals surface area (Å²) in [6.07, 6.45) is 5.23. The van der Waals surface area contributed by atoms with E-state index in [0.29, 0.717) is 21.5 Å². The van der Waals surface area contributed by atoms with Gasteiger partial charge >= 0.3 is 0 Å². The van der Waals surface area contributed by atoms with Crippen LogP contribution in [0.3, 0.4) is 0 Å². The Hall–Kier alpha value is -4.52. The Bertz CT molecular complexity index is 1510. The van der Waals surface area contributed by atoms with Gasteiger partial charge < -0.3 is 10.6 Å². The van der Waals surface area contributed by atoms with Gasteiger partial charge in [0.2, 0.25) is 22.1 Å². The third-order valence-electron chi connectivity index (χ3n) is 6.82. The minimum atomic E-state index is -0.205. The van der Waals surface area contributed by atoms with Gasteiger partial charge in [0.1, 0.15) is 10.0 Å². The number of hydrogen-bond acceptors (Lipinski definition) is 9. The predicted molar refractivity (Wildman–Crippen MR) is 157 cm³/mol. The van der Waals surface area contributed by atoms with Crippen molar-refractivity contribution in [3.05, 3.63) is 86.7 Å². The number of nitrogens with one attached hydrogen (secondary N) is 2. The molecule has 2 heterocycles. The Balaban J connectivity index is 1.18. The molecule has 0 radical (unpaired) electrons. The fourth-order valence-corrected chi connectivity index (χ4v) is 6.71. The summed E-state index contributed by atoms with van der Waals surface area (Å²) in [6.45, 7) is 7.14. The van der Waals surface area contributed by atoms with Crippen molar-refractivity contribution in [3.8, 4) is 6.07 Å². The second-order valence-corrected chi connectivity index (χ2v) is 11.9. The molecule has 0 saturated heterocycles. The zero-order chi connectivity index (χ0) is 28.6. The molecular formula is C29H26N8O2S2. The zero-order valence-electron chi connectivity index (χ0n) is 22.0. The molecule has 12 heteroatoms. The Morgan fingerprint density at radius 3 is 2.00 bits per heavy atom. The van der Waals surface area contributed by atoms with Crippen molar-refractivity contribution in [2.75, 3.05) is 10.6 Å². The van der Waals surface area contributed by atoms with Crippen molar-refractivity contribution in [3.63, 3.8) is 0 Å². The number of amides is 2. The first-order valence-electron chi connectivity index (χ1n) is 13.2. The van der Waals surface area contributed by atoms with Gasteiger partial charge in [-0.1, -0.05) is 71.9 Å². The summed E-state index contributed by atoms with van der Waals surface area (Å²) < 4.78 is 0. The Morgan fingerprint density at radius 2 is 1.44 bits per heavy atom. The smallest absolute Gasteiger partial charge is 0.230 e. The molecule has 1 aliphatic rings. The summed E-state index contributed by atoms with van der Waals surface area (Å²) >= 11 is 2.79. The van der Waals surface area contributed by atoms with E-state index in [1.54, 1.807) is 36.4 Å². The molecule has 0 bridgehead atoms. The molecule has 0 aliphatic heterocycles. The highest BCUT2D eigenvalue weighted by atomic mass is 32.1. The lowest BCUT2D eigenvalue weighted by atomic mass is 9.94. The summed E-state index contributed by atoms with van der Waals surface area (Å²) in [5, 5.41) is 34.7. The SMILES string of the molecule is [C-]#[N+]c1cccc(CC(=O)Nc2nnc(C3CCCCC(c4nnc(NC(=O)Cc5cccc(C#N)c5)s4)C3)s2)c1. The van der Waals surface area contributed by atoms with Gasteiger partial charge in [-0.05, 0) is 42.5 Å². The van der Waals surface area contributed by atoms with Crippen LogP contribution in [0.2, 0.25) is 0 Å². The lowest BCUT2D eigenvalue weighted by molar-refractivity contribution is -0.116. The molecule has 2 amide bonds. The number of aromatic nitrogens is 4. The van der Waals surface area contributed by atoms with Crippen LogP contribution in [0.1, 0.15) is 70.6 Å². The highest BCUT2D eigenvalue weighted by Gasteiger charge is 2.28. The Morgan fingerprint density at radius 1 is 0.878 bits per heavy atom. The lowest BCUT2D eigenvalue weighted by Crippen LogP contribution is -2.14. The molecular weight excluding hydrogens is 557 g/mol. The van der Waals surface area contributed by atoms with Crippen LogP contribution >= 0.6 is 22.7 Å². The van der Waals surface area contributed by atoms with Crippen molar-refractivity contribution in [1.82, 2.24) is 20.4 Å². The van der Waals surface area contributed by atoms with Crippen LogP contribution in [0.5, 0.6) is 0 Å². The molecule has 0 spiro atoms. The molecule has 2 aromatic heterocycles. The number of nitrogens with zero attached hydrogens (tertiary/aromatic N) is 6. The maximum absolute atomic E-state index is 12.6. The van der Waals surface area contributed by atoms with Crippen LogP contribution in [-0.4, -0.2) is 32.2 Å². The molecule has 1 saturated carbocycles. The first-order chi connectivity index (χ1) is 20.0. The number of anilines is 2. The topological polar surface area (TPSA) is 138 Å². The van der Waals surface area contributed by atoms with E-state index in [0.717, 1.165) is 53.2 Å². The van der Waals surface area contributed by atoms with E-state index < -0.39 is 0 Å². The number of nitriles is 1. The first-order valence-corrected chi connectivity index (χ1v) is 14.8. The second-order valence-electron chi connectivity index (χ2n) is 9.85. The summed E-state index contributed by atoms with van der Waals surface area (Å²) in [7, 11) is 0. The summed E-state index contributed by atoms with van der Waals surface area (Å²) in [4.78, 5) is 28.5. The van der Waals surface area contributed by atoms with Crippen molar-refractivity contribution >= 4 is 50.4 Å². The molecule has 5 rings (SSSR count). The van der Waals surface area contributed by atoms with Gasteiger partial charge in [-0.25, -0.2) is 4.85 Å². The molecule has 2 N–H and O–H groups in total. The molecule has 4 aromatic rings. The standard InChI is InChI=1S/C29H26N8O2S2/c1-31-23-11-5-7-19(13-23)15-25(39)33-29-37-35-27(41-29)22-10-3-2-9-21(16-22)26-34-36-28(40-26)32-24(38)14-18-6-4-8-20(12-18)17-30/h4-8,11-13,21-22H,2-3,9-10,14-16H2,(H,32,36,38)(H,33,37,39). The molecule has 41 heavy (non-hydrogen) atoms. The number of benzene rings is 2. The highest BCUT2D eigenvalue weighted by Crippen LogP contribution is 2.42. The predicted octanol–water partition coefficient (Wildman–Crippen LogP) is 6.01. The van der Waals surface area contributed by atoms with Crippen LogP contribution in [0.15, 0.2) is 48.5 Å². The van der Waals surface area contributed by atoms with Crippen LogP contribution in [0, 0.1) is 17.9 Å². The van der Waals surface area contributed by atoms with E-state index in [4.69, 9.17) is 11.8 Å². The summed E-state index contributed by atoms with van der Waals surface area (Å²) in [5.74, 6) is -0.0242. The van der Waals surface area contributed by atoms with Gasteiger partial charge in [0.15, 0.2) is 5.69 Å². The maximum atomic E-state index is 12.6. The van der Waals surface area contributed by atoms with E-state index in [-0.39, 0.29) is 36.5 Å². The summed E-state index contributed by atoms with van der Waals surface area (Å²) in [6, 6.07) is 16.1. The van der Waals surface area contributed by atoms with Gasteiger partial charge in [-0.3, -0.25) is 9.59 Å². The Labute approximate surface area is 245 Å². The fourth-order valence-electron chi connectivity index (χ4n) is 4.89.